The van der Waals surface area contributed by atoms with E-state index >= 15 is 0 Å². The number of aliphatic hydroxyl groups is 1. The summed E-state index contributed by atoms with van der Waals surface area (Å²) in [5.41, 5.74) is 6.25. The van der Waals surface area contributed by atoms with E-state index in [-0.39, 0.29) is 38.0 Å². The van der Waals surface area contributed by atoms with Crippen LogP contribution in [0.25, 0.3) is 0 Å². The Bertz CT molecular complexity index is 1480. The third-order valence-corrected chi connectivity index (χ3v) is 12.6. The SMILES string of the molecule is CCCCC/C=C\C\C=C/C=C/C=C/[C@@H](SC[C@H](N)C(=O)O[C@H](COC(=O)CCCCCCCCC/C=C\C/C=C\CCCCC)COP(=O)(O)OCC[N+](C)(C)C)[C@@H](O)CCCC(=O)O. The fraction of sp³-hybridized carbons (Fsp3) is 0.706. The molecule has 0 rings (SSSR count). The first kappa shape index (κ1) is 63.2. The lowest BCUT2D eigenvalue weighted by molar-refractivity contribution is -0.870. The number of nitrogens with two attached hydrogens (primary N) is 1. The molecule has 15 heteroatoms. The van der Waals surface area contributed by atoms with E-state index in [1.807, 2.05) is 45.4 Å². The number of carboxylic acid groups (broad SMARTS) is 1. The number of likely N-dealkylation sites (N-methyl/N-ethyl adjacent to an activating group) is 1. The number of carbonyl (C=O) groups excluding carboxylic acids is 2. The zero-order valence-electron chi connectivity index (χ0n) is 41.3. The third kappa shape index (κ3) is 42.5. The van der Waals surface area contributed by atoms with Gasteiger partial charge in [0.2, 0.25) is 0 Å². The molecule has 0 spiro atoms. The molecule has 0 aliphatic rings. The van der Waals surface area contributed by atoms with Gasteiger partial charge in [-0.1, -0.05) is 145 Å². The lowest BCUT2D eigenvalue weighted by Gasteiger charge is -2.25. The lowest BCUT2D eigenvalue weighted by atomic mass is 10.1. The van der Waals surface area contributed by atoms with Crippen LogP contribution in [-0.2, 0) is 37.5 Å². The number of allylic oxidation sites excluding steroid dienone is 11. The Morgan fingerprint density at radius 3 is 1.85 bits per heavy atom. The number of phosphoric acid groups is 1. The molecule has 5 atom stereocenters. The number of nitrogens with zero attached hydrogens (tertiary/aromatic N) is 1. The van der Waals surface area contributed by atoms with E-state index in [0.29, 0.717) is 17.4 Å². The second-order valence-corrected chi connectivity index (χ2v) is 20.4. The molecule has 66 heavy (non-hydrogen) atoms. The predicted molar refractivity (Wildman–Crippen MR) is 271 cm³/mol. The molecule has 0 saturated heterocycles. The van der Waals surface area contributed by atoms with Crippen LogP contribution in [0.15, 0.2) is 72.9 Å². The molecular formula is C51H90N2O11PS+. The number of aliphatic hydroxyl groups excluding tert-OH is 1. The van der Waals surface area contributed by atoms with Crippen LogP contribution in [0.2, 0.25) is 0 Å². The van der Waals surface area contributed by atoms with E-state index < -0.39 is 62.4 Å². The molecule has 0 aromatic carbocycles. The van der Waals surface area contributed by atoms with E-state index in [4.69, 9.17) is 29.4 Å². The largest absolute Gasteiger partial charge is 0.481 e. The maximum Gasteiger partial charge on any atom is 0.472 e. The molecule has 0 amide bonds. The summed E-state index contributed by atoms with van der Waals surface area (Å²) in [6, 6.07) is -1.19. The fourth-order valence-electron chi connectivity index (χ4n) is 6.17. The predicted octanol–water partition coefficient (Wildman–Crippen LogP) is 11.1. The molecule has 13 nitrogen and oxygen atoms in total. The Morgan fingerprint density at radius 2 is 1.26 bits per heavy atom. The molecule has 0 fully saturated rings. The minimum absolute atomic E-state index is 0.0201. The molecule has 0 saturated carbocycles. The van der Waals surface area contributed by atoms with E-state index in [1.54, 1.807) is 12.2 Å². The number of carbonyl (C=O) groups is 3. The van der Waals surface area contributed by atoms with E-state index in [1.165, 1.54) is 69.5 Å². The summed E-state index contributed by atoms with van der Waals surface area (Å²) in [6.07, 6.45) is 42.7. The van der Waals surface area contributed by atoms with Gasteiger partial charge >= 0.3 is 25.7 Å². The normalized spacial score (nSPS) is 15.4. The summed E-state index contributed by atoms with van der Waals surface area (Å²) >= 11 is 1.21. The number of carboxylic acids is 1. The monoisotopic (exact) mass is 970 g/mol. The molecule has 0 aliphatic carbocycles. The molecule has 0 aromatic rings. The van der Waals surface area contributed by atoms with Gasteiger partial charge in [0.05, 0.1) is 33.9 Å². The van der Waals surface area contributed by atoms with Crippen molar-refractivity contribution in [3.8, 4) is 0 Å². The molecule has 0 aromatic heterocycles. The van der Waals surface area contributed by atoms with Crippen molar-refractivity contribution in [2.45, 2.75) is 179 Å². The highest BCUT2D eigenvalue weighted by Crippen LogP contribution is 2.43. The van der Waals surface area contributed by atoms with Crippen molar-refractivity contribution >= 4 is 37.5 Å². The average molecular weight is 970 g/mol. The minimum atomic E-state index is -4.54. The van der Waals surface area contributed by atoms with Crippen LogP contribution in [0.5, 0.6) is 0 Å². The Morgan fingerprint density at radius 1 is 0.697 bits per heavy atom. The maximum atomic E-state index is 13.3. The summed E-state index contributed by atoms with van der Waals surface area (Å²) < 4.78 is 34.4. The topological polar surface area (TPSA) is 192 Å². The number of unbranched alkanes of at least 4 members (excludes halogenated alkanes) is 13. The zero-order chi connectivity index (χ0) is 49.2. The number of hydrogen-bond acceptors (Lipinski definition) is 11. The van der Waals surface area contributed by atoms with Gasteiger partial charge in [-0.15, -0.1) is 11.8 Å². The number of aliphatic carboxylic acids is 1. The van der Waals surface area contributed by atoms with Gasteiger partial charge in [0.25, 0.3) is 0 Å². The van der Waals surface area contributed by atoms with Gasteiger partial charge in [0, 0.05) is 23.8 Å². The standard InChI is InChI=1S/C51H89N2O11PS/c1-6-8-10-12-14-16-18-20-21-22-23-24-26-28-30-32-34-39-50(57)61-42-45(43-63-65(59,60)62-41-40-53(3,4)5)64-51(58)46(52)44-66-48(47(54)36-35-38-49(55)56)37-33-31-29-27-25-19-17-15-13-11-9-7-2/h14-17,20-21,25,27,29,31,33,37,45-48,54H,6-13,18-19,22-24,26,28,30,32,34-36,38-44,52H2,1-5H3,(H-,55,56,59,60)/p+1/b16-14-,17-15-,21-20-,27-25-,31-29+,37-33+/t45-,46+,47+,48-/m1/s1. The second-order valence-electron chi connectivity index (χ2n) is 17.7. The highest BCUT2D eigenvalue weighted by atomic mass is 32.2. The van der Waals surface area contributed by atoms with Crippen molar-refractivity contribution in [2.24, 2.45) is 5.73 Å². The molecule has 0 radical (unpaired) electrons. The van der Waals surface area contributed by atoms with E-state index in [9.17, 15) is 28.9 Å². The number of esters is 2. The average Bonchev–Trinajstić information content (AvgIpc) is 3.26. The highest BCUT2D eigenvalue weighted by molar-refractivity contribution is 8.00. The van der Waals surface area contributed by atoms with Crippen LogP contribution in [0.1, 0.15) is 155 Å². The first-order chi connectivity index (χ1) is 31.6. The number of thioether (sulfide) groups is 1. The Balaban J connectivity index is 5.21. The molecule has 1 unspecified atom stereocenters. The number of hydrogen-bond donors (Lipinski definition) is 4. The summed E-state index contributed by atoms with van der Waals surface area (Å²) in [5, 5.41) is 19.5. The van der Waals surface area contributed by atoms with Gasteiger partial charge in [-0.3, -0.25) is 23.4 Å². The van der Waals surface area contributed by atoms with Crippen molar-refractivity contribution in [3.05, 3.63) is 72.9 Å². The Kier molecular flexibility index (Phi) is 40.5. The number of quaternary nitrogens is 1. The van der Waals surface area contributed by atoms with Gasteiger partial charge in [-0.05, 0) is 70.6 Å². The second kappa shape index (κ2) is 42.3. The summed E-state index contributed by atoms with van der Waals surface area (Å²) in [5.74, 6) is -2.29. The maximum absolute atomic E-state index is 13.3. The van der Waals surface area contributed by atoms with Gasteiger partial charge < -0.3 is 34.8 Å². The summed E-state index contributed by atoms with van der Waals surface area (Å²) in [6.45, 7) is 3.77. The van der Waals surface area contributed by atoms with Crippen LogP contribution in [0.3, 0.4) is 0 Å². The molecule has 380 valence electrons. The van der Waals surface area contributed by atoms with Crippen LogP contribution in [0, 0.1) is 0 Å². The van der Waals surface area contributed by atoms with Gasteiger partial charge in [-0.2, -0.15) is 0 Å². The van der Waals surface area contributed by atoms with Crippen LogP contribution >= 0.6 is 19.6 Å². The quantitative estimate of drug-likeness (QED) is 0.0113. The zero-order valence-corrected chi connectivity index (χ0v) is 43.0. The number of ether oxygens (including phenoxy) is 2. The van der Waals surface area contributed by atoms with Crippen molar-refractivity contribution in [1.29, 1.82) is 0 Å². The van der Waals surface area contributed by atoms with Gasteiger partial charge in [-0.25, -0.2) is 4.57 Å². The minimum Gasteiger partial charge on any atom is -0.481 e. The van der Waals surface area contributed by atoms with E-state index in [0.717, 1.165) is 51.4 Å². The molecule has 5 N–H and O–H groups in total. The van der Waals surface area contributed by atoms with Crippen molar-refractivity contribution < 1.29 is 57.1 Å². The summed E-state index contributed by atoms with van der Waals surface area (Å²) in [7, 11) is 1.16. The van der Waals surface area contributed by atoms with E-state index in [2.05, 4.69) is 50.3 Å². The van der Waals surface area contributed by atoms with Crippen LogP contribution < -0.4 is 5.73 Å². The molecule has 0 aliphatic heterocycles. The molecule has 0 bridgehead atoms. The Labute approximate surface area is 403 Å². The van der Waals surface area contributed by atoms with Crippen LogP contribution in [-0.4, -0.2) is 114 Å². The van der Waals surface area contributed by atoms with Crippen LogP contribution in [0.4, 0.5) is 0 Å². The first-order valence-corrected chi connectivity index (χ1v) is 27.1. The van der Waals surface area contributed by atoms with Crippen molar-refractivity contribution in [1.82, 2.24) is 0 Å². The first-order valence-electron chi connectivity index (χ1n) is 24.6. The highest BCUT2D eigenvalue weighted by Gasteiger charge is 2.29. The Hall–Kier alpha value is -2.81. The van der Waals surface area contributed by atoms with Gasteiger partial charge in [0.15, 0.2) is 6.10 Å². The van der Waals surface area contributed by atoms with Gasteiger partial charge in [0.1, 0.15) is 25.8 Å². The number of phosphoric ester groups is 1. The molecular weight excluding hydrogens is 880 g/mol. The fourth-order valence-corrected chi connectivity index (χ4v) is 8.04. The van der Waals surface area contributed by atoms with Crippen molar-refractivity contribution in [2.75, 3.05) is 53.3 Å². The van der Waals surface area contributed by atoms with Crippen molar-refractivity contribution in [3.63, 3.8) is 0 Å². The lowest BCUT2D eigenvalue weighted by Crippen LogP contribution is -2.40. The summed E-state index contributed by atoms with van der Waals surface area (Å²) in [4.78, 5) is 47.4. The number of rotatable bonds is 44. The smallest absolute Gasteiger partial charge is 0.472 e. The molecule has 0 heterocycles. The third-order valence-electron chi connectivity index (χ3n) is 10.2.